The molecular weight excluding hydrogens is 427 g/mol. The van der Waals surface area contributed by atoms with E-state index in [2.05, 4.69) is 73.6 Å². The predicted molar refractivity (Wildman–Crippen MR) is 118 cm³/mol. The fraction of sp³-hybridized carbons (Fsp3) is 0.632. The van der Waals surface area contributed by atoms with Crippen LogP contribution in [0.3, 0.4) is 0 Å². The van der Waals surface area contributed by atoms with Crippen molar-refractivity contribution in [3.63, 3.8) is 0 Å². The molecule has 1 rings (SSSR count). The number of ether oxygens (including phenoxy) is 1. The second-order valence-electron chi connectivity index (χ2n) is 6.46. The second-order valence-corrected chi connectivity index (χ2v) is 6.46. The highest BCUT2D eigenvalue weighted by Crippen LogP contribution is 2.22. The Balaban J connectivity index is 0.00000576. The smallest absolute Gasteiger partial charge is 0.191 e. The molecule has 25 heavy (non-hydrogen) atoms. The van der Waals surface area contributed by atoms with Gasteiger partial charge in [0, 0.05) is 25.7 Å². The van der Waals surface area contributed by atoms with Gasteiger partial charge in [0.05, 0.1) is 6.10 Å². The SMILES string of the molecule is CCC(C)Oc1cc(C)ccc1CNC(=NC)NCCCN(C)C.I. The van der Waals surface area contributed by atoms with Crippen LogP contribution in [0.25, 0.3) is 0 Å². The van der Waals surface area contributed by atoms with Gasteiger partial charge in [0.2, 0.25) is 0 Å². The number of nitrogens with zero attached hydrogens (tertiary/aromatic N) is 2. The van der Waals surface area contributed by atoms with Gasteiger partial charge in [-0.2, -0.15) is 0 Å². The van der Waals surface area contributed by atoms with E-state index < -0.39 is 0 Å². The maximum absolute atomic E-state index is 6.06. The standard InChI is InChI=1S/C19H34N4O.HI/c1-7-16(3)24-18-13-15(2)9-10-17(18)14-22-19(20-4)21-11-8-12-23(5)6;/h9-10,13,16H,7-8,11-12,14H2,1-6H3,(H2,20,21,22);1H. The molecule has 0 aromatic heterocycles. The second kappa shape index (κ2) is 13.2. The summed E-state index contributed by atoms with van der Waals surface area (Å²) >= 11 is 0. The molecule has 0 saturated carbocycles. The number of aryl methyl sites for hydroxylation is 1. The lowest BCUT2D eigenvalue weighted by Gasteiger charge is -2.18. The number of guanidine groups is 1. The monoisotopic (exact) mass is 462 g/mol. The fourth-order valence-electron chi connectivity index (χ4n) is 2.22. The highest BCUT2D eigenvalue weighted by atomic mass is 127. The van der Waals surface area contributed by atoms with Crippen molar-refractivity contribution < 1.29 is 4.74 Å². The van der Waals surface area contributed by atoms with E-state index in [1.807, 2.05) is 0 Å². The van der Waals surface area contributed by atoms with E-state index in [0.717, 1.165) is 43.2 Å². The molecule has 5 nitrogen and oxygen atoms in total. The van der Waals surface area contributed by atoms with Crippen molar-refractivity contribution in [2.24, 2.45) is 4.99 Å². The Morgan fingerprint density at radius 3 is 2.60 bits per heavy atom. The Bertz CT molecular complexity index is 520. The molecule has 1 aromatic rings. The predicted octanol–water partition coefficient (Wildman–Crippen LogP) is 3.41. The molecule has 0 fully saturated rings. The van der Waals surface area contributed by atoms with Crippen molar-refractivity contribution >= 4 is 29.9 Å². The Kier molecular flexibility index (Phi) is 12.7. The molecule has 0 aliphatic rings. The largest absolute Gasteiger partial charge is 0.490 e. The molecule has 0 amide bonds. The van der Waals surface area contributed by atoms with Crippen molar-refractivity contribution in [2.75, 3.05) is 34.2 Å². The zero-order valence-electron chi connectivity index (χ0n) is 16.6. The summed E-state index contributed by atoms with van der Waals surface area (Å²) in [6.07, 6.45) is 2.30. The minimum absolute atomic E-state index is 0. The van der Waals surface area contributed by atoms with Crippen LogP contribution in [-0.4, -0.2) is 51.2 Å². The lowest BCUT2D eigenvalue weighted by molar-refractivity contribution is 0.215. The molecule has 0 heterocycles. The highest BCUT2D eigenvalue weighted by Gasteiger charge is 2.08. The Labute approximate surface area is 170 Å². The van der Waals surface area contributed by atoms with Gasteiger partial charge in [-0.3, -0.25) is 4.99 Å². The first-order valence-corrected chi connectivity index (χ1v) is 8.81. The highest BCUT2D eigenvalue weighted by molar-refractivity contribution is 14.0. The van der Waals surface area contributed by atoms with Gasteiger partial charge in [-0.15, -0.1) is 24.0 Å². The third-order valence-electron chi connectivity index (χ3n) is 3.87. The van der Waals surface area contributed by atoms with Crippen LogP contribution < -0.4 is 15.4 Å². The molecule has 1 atom stereocenters. The number of rotatable bonds is 9. The Morgan fingerprint density at radius 2 is 2.00 bits per heavy atom. The first kappa shape index (κ1) is 24.0. The maximum atomic E-state index is 6.06. The molecule has 1 aromatic carbocycles. The number of benzene rings is 1. The first-order chi connectivity index (χ1) is 11.5. The molecular formula is C19H35IN4O. The number of aliphatic imine (C=N–C) groups is 1. The van der Waals surface area contributed by atoms with Crippen molar-refractivity contribution in [3.05, 3.63) is 29.3 Å². The van der Waals surface area contributed by atoms with Gasteiger partial charge in [-0.05, 0) is 59.0 Å². The quantitative estimate of drug-likeness (QED) is 0.256. The molecule has 0 radical (unpaired) electrons. The minimum atomic E-state index is 0. The molecule has 6 heteroatoms. The van der Waals surface area contributed by atoms with E-state index in [9.17, 15) is 0 Å². The van der Waals surface area contributed by atoms with E-state index in [0.29, 0.717) is 6.54 Å². The van der Waals surface area contributed by atoms with Crippen LogP contribution in [0.2, 0.25) is 0 Å². The van der Waals surface area contributed by atoms with Gasteiger partial charge in [0.15, 0.2) is 5.96 Å². The van der Waals surface area contributed by atoms with E-state index in [-0.39, 0.29) is 30.1 Å². The van der Waals surface area contributed by atoms with Gasteiger partial charge >= 0.3 is 0 Å². The summed E-state index contributed by atoms with van der Waals surface area (Å²) in [6.45, 7) is 8.99. The van der Waals surface area contributed by atoms with Crippen LogP contribution in [-0.2, 0) is 6.54 Å². The van der Waals surface area contributed by atoms with Gasteiger partial charge in [-0.1, -0.05) is 19.1 Å². The van der Waals surface area contributed by atoms with Crippen LogP contribution in [0, 0.1) is 6.92 Å². The molecule has 144 valence electrons. The zero-order valence-corrected chi connectivity index (χ0v) is 18.9. The summed E-state index contributed by atoms with van der Waals surface area (Å²) in [5.41, 5.74) is 2.36. The zero-order chi connectivity index (χ0) is 17.9. The van der Waals surface area contributed by atoms with Crippen LogP contribution in [0.15, 0.2) is 23.2 Å². The van der Waals surface area contributed by atoms with Gasteiger partial charge < -0.3 is 20.3 Å². The summed E-state index contributed by atoms with van der Waals surface area (Å²) in [6, 6.07) is 6.35. The third-order valence-corrected chi connectivity index (χ3v) is 3.87. The van der Waals surface area contributed by atoms with Crippen molar-refractivity contribution in [3.8, 4) is 5.75 Å². The molecule has 0 aliphatic carbocycles. The average Bonchev–Trinajstić information content (AvgIpc) is 2.55. The summed E-state index contributed by atoms with van der Waals surface area (Å²) in [5, 5.41) is 6.72. The molecule has 0 saturated heterocycles. The lowest BCUT2D eigenvalue weighted by Crippen LogP contribution is -2.38. The molecule has 0 spiro atoms. The van der Waals surface area contributed by atoms with Crippen LogP contribution in [0.5, 0.6) is 5.75 Å². The third kappa shape index (κ3) is 9.89. The van der Waals surface area contributed by atoms with E-state index in [1.165, 1.54) is 5.56 Å². The Hall–Kier alpha value is -1.02. The van der Waals surface area contributed by atoms with E-state index in [1.54, 1.807) is 7.05 Å². The Morgan fingerprint density at radius 1 is 1.28 bits per heavy atom. The van der Waals surface area contributed by atoms with E-state index >= 15 is 0 Å². The molecule has 2 N–H and O–H groups in total. The number of hydrogen-bond acceptors (Lipinski definition) is 3. The fourth-order valence-corrected chi connectivity index (χ4v) is 2.22. The first-order valence-electron chi connectivity index (χ1n) is 8.81. The number of hydrogen-bond donors (Lipinski definition) is 2. The van der Waals surface area contributed by atoms with Crippen molar-refractivity contribution in [1.29, 1.82) is 0 Å². The van der Waals surface area contributed by atoms with Crippen molar-refractivity contribution in [2.45, 2.75) is 46.3 Å². The van der Waals surface area contributed by atoms with Gasteiger partial charge in [0.1, 0.15) is 5.75 Å². The van der Waals surface area contributed by atoms with Crippen LogP contribution in [0.4, 0.5) is 0 Å². The minimum Gasteiger partial charge on any atom is -0.490 e. The summed E-state index contributed by atoms with van der Waals surface area (Å²) in [5.74, 6) is 1.78. The normalized spacial score (nSPS) is 12.5. The average molecular weight is 462 g/mol. The van der Waals surface area contributed by atoms with Gasteiger partial charge in [0.25, 0.3) is 0 Å². The molecule has 0 aliphatic heterocycles. The van der Waals surface area contributed by atoms with Crippen molar-refractivity contribution in [1.82, 2.24) is 15.5 Å². The molecule has 1 unspecified atom stereocenters. The van der Waals surface area contributed by atoms with E-state index in [4.69, 9.17) is 4.74 Å². The van der Waals surface area contributed by atoms with Crippen LogP contribution in [0.1, 0.15) is 37.8 Å². The van der Waals surface area contributed by atoms with Crippen LogP contribution >= 0.6 is 24.0 Å². The van der Waals surface area contributed by atoms with Gasteiger partial charge in [-0.25, -0.2) is 0 Å². The maximum Gasteiger partial charge on any atom is 0.191 e. The summed E-state index contributed by atoms with van der Waals surface area (Å²) in [4.78, 5) is 6.47. The number of halogens is 1. The lowest BCUT2D eigenvalue weighted by atomic mass is 10.1. The molecule has 0 bridgehead atoms. The topological polar surface area (TPSA) is 48.9 Å². The summed E-state index contributed by atoms with van der Waals surface area (Å²) in [7, 11) is 5.97. The number of nitrogens with one attached hydrogen (secondary N) is 2. The summed E-state index contributed by atoms with van der Waals surface area (Å²) < 4.78 is 6.06.